The fourth-order valence-corrected chi connectivity index (χ4v) is 1.82. The van der Waals surface area contributed by atoms with Crippen molar-refractivity contribution in [2.75, 3.05) is 26.3 Å². The van der Waals surface area contributed by atoms with Crippen LogP contribution in [0.5, 0.6) is 0 Å². The lowest BCUT2D eigenvalue weighted by Gasteiger charge is -2.24. The predicted molar refractivity (Wildman–Crippen MR) is 60.1 cm³/mol. The van der Waals surface area contributed by atoms with E-state index in [1.165, 1.54) is 0 Å². The lowest BCUT2D eigenvalue weighted by Crippen LogP contribution is -2.33. The number of hydrogen-bond donors (Lipinski definition) is 3. The second-order valence-corrected chi connectivity index (χ2v) is 3.93. The summed E-state index contributed by atoms with van der Waals surface area (Å²) in [5.41, 5.74) is 1.83. The molecule has 0 saturated carbocycles. The Balaban J connectivity index is 2.06. The molecule has 2 unspecified atom stereocenters. The van der Waals surface area contributed by atoms with Gasteiger partial charge in [0.2, 0.25) is 0 Å². The lowest BCUT2D eigenvalue weighted by molar-refractivity contribution is 0.0276. The Bertz CT molecular complexity index is 320. The van der Waals surface area contributed by atoms with E-state index in [1.807, 2.05) is 24.3 Å². The smallest absolute Gasteiger partial charge is 0.102 e. The second-order valence-electron chi connectivity index (χ2n) is 3.93. The van der Waals surface area contributed by atoms with Crippen LogP contribution in [-0.4, -0.2) is 36.5 Å². The van der Waals surface area contributed by atoms with Crippen molar-refractivity contribution in [3.05, 3.63) is 35.4 Å². The van der Waals surface area contributed by atoms with Crippen LogP contribution in [0.3, 0.4) is 0 Å². The first-order chi connectivity index (χ1) is 7.81. The molecule has 2 rings (SSSR count). The average molecular weight is 223 g/mol. The van der Waals surface area contributed by atoms with Crippen molar-refractivity contribution in [2.24, 2.45) is 0 Å². The van der Waals surface area contributed by atoms with E-state index in [4.69, 9.17) is 9.84 Å². The molecule has 4 heteroatoms. The number of rotatable bonds is 3. The van der Waals surface area contributed by atoms with Gasteiger partial charge >= 0.3 is 0 Å². The van der Waals surface area contributed by atoms with Crippen molar-refractivity contribution < 1.29 is 14.9 Å². The number of aliphatic hydroxyl groups is 2. The Kier molecular flexibility index (Phi) is 3.90. The van der Waals surface area contributed by atoms with Gasteiger partial charge in [-0.25, -0.2) is 0 Å². The molecule has 0 radical (unpaired) electrons. The van der Waals surface area contributed by atoms with Crippen LogP contribution in [0.4, 0.5) is 0 Å². The molecule has 1 aliphatic rings. The summed E-state index contributed by atoms with van der Waals surface area (Å²) >= 11 is 0. The van der Waals surface area contributed by atoms with Gasteiger partial charge in [0.1, 0.15) is 6.10 Å². The number of benzene rings is 1. The molecule has 0 aliphatic carbocycles. The maximum absolute atomic E-state index is 9.44. The van der Waals surface area contributed by atoms with Crippen molar-refractivity contribution in [3.8, 4) is 0 Å². The quantitative estimate of drug-likeness (QED) is 0.693. The summed E-state index contributed by atoms with van der Waals surface area (Å²) in [5, 5.41) is 21.5. The van der Waals surface area contributed by atoms with Crippen molar-refractivity contribution >= 4 is 0 Å². The van der Waals surface area contributed by atoms with Crippen LogP contribution in [-0.2, 0) is 4.74 Å². The van der Waals surface area contributed by atoms with E-state index in [1.54, 1.807) is 0 Å². The molecule has 0 bridgehead atoms. The number of aliphatic hydroxyl groups excluding tert-OH is 2. The van der Waals surface area contributed by atoms with Crippen LogP contribution in [0.15, 0.2) is 24.3 Å². The molecule has 1 aromatic rings. The summed E-state index contributed by atoms with van der Waals surface area (Å²) in [6.07, 6.45) is -0.700. The topological polar surface area (TPSA) is 61.7 Å². The largest absolute Gasteiger partial charge is 0.393 e. The van der Waals surface area contributed by atoms with Crippen molar-refractivity contribution in [1.82, 2.24) is 5.32 Å². The fraction of sp³-hybridized carbons (Fsp3) is 0.500. The van der Waals surface area contributed by atoms with E-state index in [-0.39, 0.29) is 12.7 Å². The molecule has 0 spiro atoms. The number of nitrogens with one attached hydrogen (secondary N) is 1. The van der Waals surface area contributed by atoms with Crippen LogP contribution in [0.25, 0.3) is 0 Å². The van der Waals surface area contributed by atoms with Crippen LogP contribution in [0, 0.1) is 0 Å². The molecular formula is C12H17NO3. The Morgan fingerprint density at radius 3 is 2.69 bits per heavy atom. The molecule has 2 atom stereocenters. The van der Waals surface area contributed by atoms with Gasteiger partial charge in [-0.15, -0.1) is 0 Å². The van der Waals surface area contributed by atoms with Gasteiger partial charge in [0.15, 0.2) is 0 Å². The molecule has 88 valence electrons. The zero-order chi connectivity index (χ0) is 11.4. The summed E-state index contributed by atoms with van der Waals surface area (Å²) in [6.45, 7) is 2.20. The van der Waals surface area contributed by atoms with E-state index >= 15 is 0 Å². The highest BCUT2D eigenvalue weighted by molar-refractivity contribution is 5.26. The molecule has 1 aromatic carbocycles. The number of hydrogen-bond acceptors (Lipinski definition) is 4. The molecule has 0 amide bonds. The van der Waals surface area contributed by atoms with E-state index in [0.717, 1.165) is 30.8 Å². The van der Waals surface area contributed by atoms with Gasteiger partial charge in [0, 0.05) is 13.1 Å². The summed E-state index contributed by atoms with van der Waals surface area (Å²) < 4.78 is 5.62. The number of morpholine rings is 1. The van der Waals surface area contributed by atoms with E-state index in [2.05, 4.69) is 5.32 Å². The first-order valence-corrected chi connectivity index (χ1v) is 5.52. The van der Waals surface area contributed by atoms with Gasteiger partial charge in [-0.2, -0.15) is 0 Å². The van der Waals surface area contributed by atoms with Gasteiger partial charge in [-0.1, -0.05) is 24.3 Å². The molecule has 0 aromatic heterocycles. The molecule has 3 N–H and O–H groups in total. The van der Waals surface area contributed by atoms with Crippen LogP contribution >= 0.6 is 0 Å². The van der Waals surface area contributed by atoms with Gasteiger partial charge in [0.05, 0.1) is 19.3 Å². The third-order valence-corrected chi connectivity index (χ3v) is 2.79. The standard InChI is InChI=1S/C12H17NO3/c14-8-11(15)9-1-3-10(4-2-9)12-7-13-5-6-16-12/h1-4,11-15H,5-8H2. The first-order valence-electron chi connectivity index (χ1n) is 5.52. The first kappa shape index (κ1) is 11.5. The third kappa shape index (κ3) is 2.59. The Labute approximate surface area is 94.9 Å². The summed E-state index contributed by atoms with van der Waals surface area (Å²) in [7, 11) is 0. The molecule has 1 heterocycles. The van der Waals surface area contributed by atoms with Crippen LogP contribution in [0.1, 0.15) is 23.3 Å². The lowest BCUT2D eigenvalue weighted by atomic mass is 10.0. The van der Waals surface area contributed by atoms with Gasteiger partial charge in [-0.3, -0.25) is 0 Å². The van der Waals surface area contributed by atoms with Crippen molar-refractivity contribution in [1.29, 1.82) is 0 Å². The molecule has 4 nitrogen and oxygen atoms in total. The summed E-state index contributed by atoms with van der Waals surface area (Å²) in [4.78, 5) is 0. The highest BCUT2D eigenvalue weighted by Crippen LogP contribution is 2.21. The zero-order valence-electron chi connectivity index (χ0n) is 9.10. The second kappa shape index (κ2) is 5.41. The van der Waals surface area contributed by atoms with Crippen LogP contribution < -0.4 is 5.32 Å². The Hall–Kier alpha value is -0.940. The van der Waals surface area contributed by atoms with Gasteiger partial charge < -0.3 is 20.3 Å². The predicted octanol–water partition coefficient (Wildman–Crippen LogP) is 0.373. The molecule has 1 saturated heterocycles. The van der Waals surface area contributed by atoms with E-state index in [0.29, 0.717) is 0 Å². The van der Waals surface area contributed by atoms with Crippen molar-refractivity contribution in [3.63, 3.8) is 0 Å². The summed E-state index contributed by atoms with van der Waals surface area (Å²) in [6, 6.07) is 7.53. The minimum atomic E-state index is -0.792. The monoisotopic (exact) mass is 223 g/mol. The summed E-state index contributed by atoms with van der Waals surface area (Å²) in [5.74, 6) is 0. The highest BCUT2D eigenvalue weighted by atomic mass is 16.5. The van der Waals surface area contributed by atoms with Crippen molar-refractivity contribution in [2.45, 2.75) is 12.2 Å². The molecule has 1 fully saturated rings. The van der Waals surface area contributed by atoms with Crippen LogP contribution in [0.2, 0.25) is 0 Å². The molecule has 16 heavy (non-hydrogen) atoms. The maximum atomic E-state index is 9.44. The highest BCUT2D eigenvalue weighted by Gasteiger charge is 2.15. The Morgan fingerprint density at radius 2 is 2.12 bits per heavy atom. The van der Waals surface area contributed by atoms with E-state index in [9.17, 15) is 5.11 Å². The molecular weight excluding hydrogens is 206 g/mol. The normalized spacial score (nSPS) is 23.0. The minimum absolute atomic E-state index is 0.0917. The number of ether oxygens (including phenoxy) is 1. The SMILES string of the molecule is OCC(O)c1ccc(C2CNCCO2)cc1. The van der Waals surface area contributed by atoms with E-state index < -0.39 is 6.10 Å². The Morgan fingerprint density at radius 1 is 1.38 bits per heavy atom. The van der Waals surface area contributed by atoms with Gasteiger partial charge in [-0.05, 0) is 11.1 Å². The maximum Gasteiger partial charge on any atom is 0.102 e. The minimum Gasteiger partial charge on any atom is -0.393 e. The van der Waals surface area contributed by atoms with Gasteiger partial charge in [0.25, 0.3) is 0 Å². The fourth-order valence-electron chi connectivity index (χ4n) is 1.82. The molecule has 1 aliphatic heterocycles. The average Bonchev–Trinajstić information content (AvgIpc) is 2.39. The third-order valence-electron chi connectivity index (χ3n) is 2.79. The zero-order valence-corrected chi connectivity index (χ0v) is 9.10.